The summed E-state index contributed by atoms with van der Waals surface area (Å²) in [5.41, 5.74) is 5.67. The molecule has 0 amide bonds. The van der Waals surface area contributed by atoms with Gasteiger partial charge < -0.3 is 10.6 Å². The van der Waals surface area contributed by atoms with E-state index in [1.54, 1.807) is 0 Å². The molecule has 9 heavy (non-hydrogen) atoms. The van der Waals surface area contributed by atoms with E-state index in [1.165, 1.54) is 0 Å². The Bertz CT molecular complexity index is 124. The fourth-order valence-corrected chi connectivity index (χ4v) is 1.32. The second kappa shape index (κ2) is 2.73. The third-order valence-corrected chi connectivity index (χ3v) is 2.09. The molecule has 52 valence electrons. The first-order valence-electron chi connectivity index (χ1n) is 3.17. The van der Waals surface area contributed by atoms with E-state index in [2.05, 4.69) is 11.9 Å². The third-order valence-electron chi connectivity index (χ3n) is 1.66. The lowest BCUT2D eigenvalue weighted by Gasteiger charge is -2.27. The van der Waals surface area contributed by atoms with Crippen molar-refractivity contribution >= 4 is 17.1 Å². The topological polar surface area (TPSA) is 29.3 Å². The molecule has 1 heterocycles. The van der Waals surface area contributed by atoms with Crippen LogP contribution in [0.1, 0.15) is 6.42 Å². The molecule has 3 heteroatoms. The summed E-state index contributed by atoms with van der Waals surface area (Å²) >= 11 is 5.04. The van der Waals surface area contributed by atoms with Gasteiger partial charge in [-0.1, -0.05) is 12.2 Å². The Balaban J connectivity index is 2.44. The predicted molar refractivity (Wildman–Crippen MR) is 42.7 cm³/mol. The van der Waals surface area contributed by atoms with Crippen molar-refractivity contribution in [2.24, 2.45) is 5.73 Å². The van der Waals surface area contributed by atoms with Crippen LogP contribution in [0.3, 0.4) is 0 Å². The Labute approximate surface area is 61.0 Å². The molecule has 0 aromatic carbocycles. The standard InChI is InChI=1S/C6H12N2S/c1-8-3-2-5(7)6(9)4-8/h5H,2-4,7H2,1H3. The molecule has 0 spiro atoms. The molecule has 2 N–H and O–H groups in total. The molecular weight excluding hydrogens is 132 g/mol. The lowest BCUT2D eigenvalue weighted by Crippen LogP contribution is -2.44. The van der Waals surface area contributed by atoms with E-state index in [1.807, 2.05) is 0 Å². The monoisotopic (exact) mass is 144 g/mol. The van der Waals surface area contributed by atoms with Crippen LogP contribution >= 0.6 is 12.2 Å². The van der Waals surface area contributed by atoms with Crippen LogP contribution in [0.5, 0.6) is 0 Å². The summed E-state index contributed by atoms with van der Waals surface area (Å²) in [5.74, 6) is 0. The van der Waals surface area contributed by atoms with Gasteiger partial charge in [0.25, 0.3) is 0 Å². The van der Waals surface area contributed by atoms with Crippen LogP contribution in [-0.2, 0) is 0 Å². The fourth-order valence-electron chi connectivity index (χ4n) is 0.983. The van der Waals surface area contributed by atoms with Gasteiger partial charge in [0, 0.05) is 24.0 Å². The van der Waals surface area contributed by atoms with Crippen LogP contribution in [0.15, 0.2) is 0 Å². The summed E-state index contributed by atoms with van der Waals surface area (Å²) in [6.07, 6.45) is 1.02. The molecule has 1 atom stereocenters. The average molecular weight is 144 g/mol. The Kier molecular flexibility index (Phi) is 2.16. The van der Waals surface area contributed by atoms with Crippen LogP contribution in [0.2, 0.25) is 0 Å². The first-order valence-corrected chi connectivity index (χ1v) is 3.58. The fraction of sp³-hybridized carbons (Fsp3) is 0.833. The summed E-state index contributed by atoms with van der Waals surface area (Å²) < 4.78 is 0. The largest absolute Gasteiger partial charge is 0.323 e. The molecule has 0 aromatic rings. The predicted octanol–water partition coefficient (Wildman–Crippen LogP) is 0.0191. The molecule has 0 bridgehead atoms. The Morgan fingerprint density at radius 3 is 2.89 bits per heavy atom. The van der Waals surface area contributed by atoms with Crippen molar-refractivity contribution in [3.05, 3.63) is 0 Å². The smallest absolute Gasteiger partial charge is 0.0384 e. The zero-order chi connectivity index (χ0) is 6.85. The Hall–Kier alpha value is 0.01000. The molecule has 1 fully saturated rings. The van der Waals surface area contributed by atoms with Gasteiger partial charge in [0.15, 0.2) is 0 Å². The number of rotatable bonds is 0. The van der Waals surface area contributed by atoms with Gasteiger partial charge in [-0.2, -0.15) is 0 Å². The third kappa shape index (κ3) is 1.71. The summed E-state index contributed by atoms with van der Waals surface area (Å²) in [6.45, 7) is 1.98. The van der Waals surface area contributed by atoms with Crippen LogP contribution in [0.25, 0.3) is 0 Å². The highest BCUT2D eigenvalue weighted by Gasteiger charge is 2.17. The number of thiocarbonyl (C=S) groups is 1. The summed E-state index contributed by atoms with van der Waals surface area (Å²) in [7, 11) is 2.07. The van der Waals surface area contributed by atoms with Crippen LogP contribution in [-0.4, -0.2) is 35.9 Å². The van der Waals surface area contributed by atoms with Gasteiger partial charge in [0.2, 0.25) is 0 Å². The van der Waals surface area contributed by atoms with Gasteiger partial charge in [-0.15, -0.1) is 0 Å². The van der Waals surface area contributed by atoms with E-state index in [0.29, 0.717) is 0 Å². The van der Waals surface area contributed by atoms with Crippen LogP contribution < -0.4 is 5.73 Å². The molecule has 0 radical (unpaired) electrons. The van der Waals surface area contributed by atoms with Crippen LogP contribution in [0.4, 0.5) is 0 Å². The van der Waals surface area contributed by atoms with Crippen molar-refractivity contribution in [3.8, 4) is 0 Å². The maximum atomic E-state index is 5.67. The lowest BCUT2D eigenvalue weighted by atomic mass is 10.1. The van der Waals surface area contributed by atoms with Crippen molar-refractivity contribution in [1.29, 1.82) is 0 Å². The van der Waals surface area contributed by atoms with Gasteiger partial charge in [-0.05, 0) is 13.5 Å². The van der Waals surface area contributed by atoms with Gasteiger partial charge in [0.1, 0.15) is 0 Å². The second-order valence-electron chi connectivity index (χ2n) is 2.60. The van der Waals surface area contributed by atoms with Crippen molar-refractivity contribution < 1.29 is 0 Å². The number of hydrogen-bond acceptors (Lipinski definition) is 3. The van der Waals surface area contributed by atoms with Crippen LogP contribution in [0, 0.1) is 0 Å². The number of likely N-dealkylation sites (tertiary alicyclic amines) is 1. The molecule has 1 unspecified atom stereocenters. The summed E-state index contributed by atoms with van der Waals surface area (Å²) in [6, 6.07) is 0.177. The molecular formula is C6H12N2S. The van der Waals surface area contributed by atoms with Gasteiger partial charge in [-0.3, -0.25) is 0 Å². The zero-order valence-electron chi connectivity index (χ0n) is 5.63. The van der Waals surface area contributed by atoms with E-state index in [9.17, 15) is 0 Å². The van der Waals surface area contributed by atoms with Crippen molar-refractivity contribution in [2.75, 3.05) is 20.1 Å². The van der Waals surface area contributed by atoms with Gasteiger partial charge >= 0.3 is 0 Å². The van der Waals surface area contributed by atoms with E-state index < -0.39 is 0 Å². The number of hydrogen-bond donors (Lipinski definition) is 1. The lowest BCUT2D eigenvalue weighted by molar-refractivity contribution is 0.346. The zero-order valence-corrected chi connectivity index (χ0v) is 6.45. The minimum atomic E-state index is 0.177. The molecule has 1 aliphatic heterocycles. The molecule has 0 aliphatic carbocycles. The molecule has 0 saturated carbocycles. The molecule has 0 aromatic heterocycles. The maximum absolute atomic E-state index is 5.67. The molecule has 1 saturated heterocycles. The normalized spacial score (nSPS) is 30.9. The highest BCUT2D eigenvalue weighted by atomic mass is 32.1. The van der Waals surface area contributed by atoms with Gasteiger partial charge in [-0.25, -0.2) is 0 Å². The first kappa shape index (κ1) is 7.12. The molecule has 2 nitrogen and oxygen atoms in total. The SMILES string of the molecule is CN1CCC(N)C(=S)C1. The van der Waals surface area contributed by atoms with E-state index in [4.69, 9.17) is 18.0 Å². The second-order valence-corrected chi connectivity index (χ2v) is 3.12. The molecule has 1 aliphatic rings. The van der Waals surface area contributed by atoms with Crippen molar-refractivity contribution in [1.82, 2.24) is 4.90 Å². The van der Waals surface area contributed by atoms with Gasteiger partial charge in [0.05, 0.1) is 0 Å². The average Bonchev–Trinajstić information content (AvgIpc) is 1.80. The summed E-state index contributed by atoms with van der Waals surface area (Å²) in [4.78, 5) is 3.20. The van der Waals surface area contributed by atoms with E-state index >= 15 is 0 Å². The van der Waals surface area contributed by atoms with Crippen molar-refractivity contribution in [3.63, 3.8) is 0 Å². The van der Waals surface area contributed by atoms with E-state index in [0.717, 1.165) is 24.4 Å². The summed E-state index contributed by atoms with van der Waals surface area (Å²) in [5, 5.41) is 0. The number of nitrogens with zero attached hydrogens (tertiary/aromatic N) is 1. The molecule has 1 rings (SSSR count). The highest BCUT2D eigenvalue weighted by Crippen LogP contribution is 2.03. The highest BCUT2D eigenvalue weighted by molar-refractivity contribution is 7.80. The minimum absolute atomic E-state index is 0.177. The maximum Gasteiger partial charge on any atom is 0.0384 e. The quantitative estimate of drug-likeness (QED) is 0.486. The number of piperidine rings is 1. The Morgan fingerprint density at radius 2 is 2.44 bits per heavy atom. The van der Waals surface area contributed by atoms with Crippen molar-refractivity contribution in [2.45, 2.75) is 12.5 Å². The number of nitrogens with two attached hydrogens (primary N) is 1. The first-order chi connectivity index (χ1) is 4.20. The minimum Gasteiger partial charge on any atom is -0.323 e. The van der Waals surface area contributed by atoms with E-state index in [-0.39, 0.29) is 6.04 Å². The Morgan fingerprint density at radius 1 is 1.78 bits per heavy atom.